The van der Waals surface area contributed by atoms with E-state index in [1.54, 1.807) is 22.1 Å². The molecule has 0 saturated carbocycles. The van der Waals surface area contributed by atoms with Crippen LogP contribution < -0.4 is 5.32 Å². The number of hydrogen-bond donors (Lipinski definition) is 1. The molecule has 3 aromatic heterocycles. The molecule has 0 bridgehead atoms. The fourth-order valence-corrected chi connectivity index (χ4v) is 4.16. The van der Waals surface area contributed by atoms with Gasteiger partial charge in [0.1, 0.15) is 5.82 Å². The van der Waals surface area contributed by atoms with E-state index in [0.717, 1.165) is 27.0 Å². The maximum absolute atomic E-state index is 12.6. The lowest BCUT2D eigenvalue weighted by atomic mass is 10.1. The fourth-order valence-electron chi connectivity index (χ4n) is 2.61. The molecule has 0 saturated heterocycles. The molecular formula is C19H16N4OS2. The van der Waals surface area contributed by atoms with Gasteiger partial charge in [-0.15, -0.1) is 22.7 Å². The molecule has 0 aliphatic carbocycles. The molecule has 0 spiro atoms. The van der Waals surface area contributed by atoms with E-state index in [2.05, 4.69) is 15.4 Å². The van der Waals surface area contributed by atoms with E-state index >= 15 is 0 Å². The van der Waals surface area contributed by atoms with Gasteiger partial charge >= 0.3 is 0 Å². The number of hydrogen-bond acceptors (Lipinski definition) is 5. The van der Waals surface area contributed by atoms with Gasteiger partial charge in [0.15, 0.2) is 0 Å². The summed E-state index contributed by atoms with van der Waals surface area (Å²) in [6.45, 7) is 3.86. The van der Waals surface area contributed by atoms with E-state index in [1.165, 1.54) is 11.3 Å². The molecule has 7 heteroatoms. The Hall–Kier alpha value is -2.77. The van der Waals surface area contributed by atoms with Gasteiger partial charge in [-0.05, 0) is 37.4 Å². The second kappa shape index (κ2) is 6.86. The molecule has 0 radical (unpaired) electrons. The minimum atomic E-state index is -0.162. The number of carbonyl (C=O) groups excluding carboxylic acids is 1. The lowest BCUT2D eigenvalue weighted by Gasteiger charge is -2.07. The van der Waals surface area contributed by atoms with Crippen molar-refractivity contribution in [2.45, 2.75) is 13.8 Å². The summed E-state index contributed by atoms with van der Waals surface area (Å²) >= 11 is 3.15. The first kappa shape index (κ1) is 16.7. The number of thiazole rings is 1. The van der Waals surface area contributed by atoms with E-state index in [1.807, 2.05) is 61.0 Å². The molecule has 0 fully saturated rings. The predicted molar refractivity (Wildman–Crippen MR) is 106 cm³/mol. The number of amides is 1. The highest BCUT2D eigenvalue weighted by molar-refractivity contribution is 7.15. The molecule has 0 unspecified atom stereocenters. The highest BCUT2D eigenvalue weighted by atomic mass is 32.1. The Morgan fingerprint density at radius 3 is 2.77 bits per heavy atom. The summed E-state index contributed by atoms with van der Waals surface area (Å²) in [5.41, 5.74) is 3.40. The molecule has 5 nitrogen and oxygen atoms in total. The minimum absolute atomic E-state index is 0.162. The Labute approximate surface area is 159 Å². The maximum atomic E-state index is 12.6. The summed E-state index contributed by atoms with van der Waals surface area (Å²) in [6.07, 6.45) is 0. The molecule has 1 aromatic carbocycles. The highest BCUT2D eigenvalue weighted by Gasteiger charge is 2.15. The van der Waals surface area contributed by atoms with Crippen molar-refractivity contribution in [3.05, 3.63) is 70.0 Å². The van der Waals surface area contributed by atoms with Crippen molar-refractivity contribution in [2.75, 3.05) is 5.32 Å². The van der Waals surface area contributed by atoms with Crippen LogP contribution in [0, 0.1) is 13.8 Å². The van der Waals surface area contributed by atoms with E-state index in [4.69, 9.17) is 0 Å². The molecule has 4 rings (SSSR count). The van der Waals surface area contributed by atoms with Crippen molar-refractivity contribution >= 4 is 34.4 Å². The van der Waals surface area contributed by atoms with Crippen molar-refractivity contribution in [1.29, 1.82) is 0 Å². The van der Waals surface area contributed by atoms with Crippen LogP contribution in [0.1, 0.15) is 21.6 Å². The van der Waals surface area contributed by atoms with Crippen LogP contribution in [-0.2, 0) is 0 Å². The number of rotatable bonds is 4. The smallest absolute Gasteiger partial charge is 0.256 e. The lowest BCUT2D eigenvalue weighted by Crippen LogP contribution is -2.15. The second-order valence-corrected chi connectivity index (χ2v) is 7.68. The Bertz CT molecular complexity index is 1060. The SMILES string of the molecule is Cc1cccc(C(=O)Nc2cc(C)nn2-c2nc(-c3cccs3)cs2)c1. The third-order valence-corrected chi connectivity index (χ3v) is 5.51. The van der Waals surface area contributed by atoms with Crippen molar-refractivity contribution in [3.8, 4) is 15.7 Å². The van der Waals surface area contributed by atoms with Gasteiger partial charge in [-0.1, -0.05) is 23.8 Å². The number of benzene rings is 1. The van der Waals surface area contributed by atoms with Gasteiger partial charge in [0.2, 0.25) is 5.13 Å². The Balaban J connectivity index is 1.64. The van der Waals surface area contributed by atoms with Crippen molar-refractivity contribution in [3.63, 3.8) is 0 Å². The summed E-state index contributed by atoms with van der Waals surface area (Å²) in [6, 6.07) is 13.4. The summed E-state index contributed by atoms with van der Waals surface area (Å²) < 4.78 is 1.69. The van der Waals surface area contributed by atoms with Gasteiger partial charge in [-0.3, -0.25) is 4.79 Å². The summed E-state index contributed by atoms with van der Waals surface area (Å²) in [7, 11) is 0. The number of carbonyl (C=O) groups is 1. The largest absolute Gasteiger partial charge is 0.306 e. The molecule has 1 amide bonds. The molecule has 3 heterocycles. The van der Waals surface area contributed by atoms with Gasteiger partial charge < -0.3 is 5.32 Å². The first-order chi connectivity index (χ1) is 12.6. The molecule has 0 aliphatic rings. The average Bonchev–Trinajstić information content (AvgIpc) is 3.34. The van der Waals surface area contributed by atoms with E-state index in [0.29, 0.717) is 11.4 Å². The van der Waals surface area contributed by atoms with Gasteiger partial charge in [-0.2, -0.15) is 9.78 Å². The van der Waals surface area contributed by atoms with Crippen LogP contribution in [0.5, 0.6) is 0 Å². The van der Waals surface area contributed by atoms with Gasteiger partial charge in [0.25, 0.3) is 5.91 Å². The van der Waals surface area contributed by atoms with Gasteiger partial charge in [-0.25, -0.2) is 4.98 Å². The normalized spacial score (nSPS) is 10.8. The average molecular weight is 380 g/mol. The van der Waals surface area contributed by atoms with Crippen LogP contribution in [-0.4, -0.2) is 20.7 Å². The van der Waals surface area contributed by atoms with Crippen LogP contribution in [0.15, 0.2) is 53.2 Å². The van der Waals surface area contributed by atoms with Gasteiger partial charge in [0, 0.05) is 17.0 Å². The monoisotopic (exact) mass is 380 g/mol. The molecule has 1 N–H and O–H groups in total. The zero-order valence-corrected chi connectivity index (χ0v) is 15.9. The first-order valence-corrected chi connectivity index (χ1v) is 9.80. The van der Waals surface area contributed by atoms with Crippen LogP contribution in [0.4, 0.5) is 5.82 Å². The highest BCUT2D eigenvalue weighted by Crippen LogP contribution is 2.29. The van der Waals surface area contributed by atoms with E-state index in [9.17, 15) is 4.79 Å². The fraction of sp³-hybridized carbons (Fsp3) is 0.105. The number of nitrogens with zero attached hydrogens (tertiary/aromatic N) is 3. The zero-order valence-electron chi connectivity index (χ0n) is 14.3. The Morgan fingerprint density at radius 2 is 2.00 bits per heavy atom. The van der Waals surface area contributed by atoms with Crippen molar-refractivity contribution in [2.24, 2.45) is 0 Å². The Morgan fingerprint density at radius 1 is 1.12 bits per heavy atom. The topological polar surface area (TPSA) is 59.8 Å². The van der Waals surface area contributed by atoms with Crippen LogP contribution in [0.3, 0.4) is 0 Å². The van der Waals surface area contributed by atoms with Crippen LogP contribution in [0.25, 0.3) is 15.7 Å². The lowest BCUT2D eigenvalue weighted by molar-refractivity contribution is 0.102. The predicted octanol–water partition coefficient (Wildman–Crippen LogP) is 4.93. The number of anilines is 1. The maximum Gasteiger partial charge on any atom is 0.256 e. The third-order valence-electron chi connectivity index (χ3n) is 3.80. The number of aryl methyl sites for hydroxylation is 2. The van der Waals surface area contributed by atoms with Crippen LogP contribution >= 0.6 is 22.7 Å². The molecule has 130 valence electrons. The second-order valence-electron chi connectivity index (χ2n) is 5.90. The number of thiophene rings is 1. The number of aromatic nitrogens is 3. The standard InChI is InChI=1S/C19H16N4OS2/c1-12-5-3-6-14(9-12)18(24)21-17-10-13(2)22-23(17)19-20-15(11-26-19)16-7-4-8-25-16/h3-11H,1-2H3,(H,21,24). The summed E-state index contributed by atoms with van der Waals surface area (Å²) in [5.74, 6) is 0.450. The Kier molecular flexibility index (Phi) is 4.40. The summed E-state index contributed by atoms with van der Waals surface area (Å²) in [4.78, 5) is 18.4. The molecular weight excluding hydrogens is 364 g/mol. The minimum Gasteiger partial charge on any atom is -0.306 e. The van der Waals surface area contributed by atoms with E-state index in [-0.39, 0.29) is 5.91 Å². The molecule has 4 aromatic rings. The summed E-state index contributed by atoms with van der Waals surface area (Å²) in [5, 5.41) is 12.2. The van der Waals surface area contributed by atoms with Crippen molar-refractivity contribution in [1.82, 2.24) is 14.8 Å². The van der Waals surface area contributed by atoms with Crippen molar-refractivity contribution < 1.29 is 4.79 Å². The zero-order chi connectivity index (χ0) is 18.1. The third kappa shape index (κ3) is 3.31. The number of nitrogens with one attached hydrogen (secondary N) is 1. The first-order valence-electron chi connectivity index (χ1n) is 8.04. The molecule has 0 aliphatic heterocycles. The molecule has 0 atom stereocenters. The van der Waals surface area contributed by atoms with Gasteiger partial charge in [0.05, 0.1) is 16.3 Å². The quantitative estimate of drug-likeness (QED) is 0.546. The molecule has 26 heavy (non-hydrogen) atoms. The van der Waals surface area contributed by atoms with E-state index < -0.39 is 0 Å². The van der Waals surface area contributed by atoms with Crippen LogP contribution in [0.2, 0.25) is 0 Å².